The Balaban J connectivity index is 1.27. The number of esters is 1. The van der Waals surface area contributed by atoms with E-state index in [1.54, 1.807) is 30.3 Å². The molecule has 0 spiro atoms. The summed E-state index contributed by atoms with van der Waals surface area (Å²) in [7, 11) is 1.23. The van der Waals surface area contributed by atoms with Crippen molar-refractivity contribution in [2.45, 2.75) is 61.4 Å². The molecule has 2 saturated heterocycles. The first-order valence-corrected chi connectivity index (χ1v) is 16.8. The fraction of sp³-hybridized carbons (Fsp3) is 0.351. The van der Waals surface area contributed by atoms with Crippen LogP contribution in [-0.4, -0.2) is 134 Å². The fourth-order valence-electron chi connectivity index (χ4n) is 6.04. The van der Waals surface area contributed by atoms with Crippen molar-refractivity contribution < 1.29 is 83.6 Å². The summed E-state index contributed by atoms with van der Waals surface area (Å²) in [5.41, 5.74) is -0.0720. The zero-order chi connectivity index (χ0) is 39.6. The van der Waals surface area contributed by atoms with Gasteiger partial charge in [-0.05, 0) is 29.8 Å². The average molecular weight is 771 g/mol. The second-order valence-electron chi connectivity index (χ2n) is 12.6. The zero-order valence-corrected chi connectivity index (χ0v) is 28.8. The van der Waals surface area contributed by atoms with Crippen LogP contribution in [0, 0.1) is 0 Å². The van der Waals surface area contributed by atoms with E-state index in [-0.39, 0.29) is 33.8 Å². The van der Waals surface area contributed by atoms with Crippen LogP contribution in [0.25, 0.3) is 28.4 Å². The molecule has 2 aliphatic heterocycles. The lowest BCUT2D eigenvalue weighted by Gasteiger charge is -2.45. The maximum atomic E-state index is 13.5. The largest absolute Gasteiger partial charge is 0.504 e. The Kier molecular flexibility index (Phi) is 12.0. The lowest BCUT2D eigenvalue weighted by molar-refractivity contribution is -0.358. The molecule has 3 aromatic carbocycles. The highest BCUT2D eigenvalue weighted by Gasteiger charge is 2.51. The number of aliphatic hydroxyl groups is 7. The van der Waals surface area contributed by atoms with Gasteiger partial charge in [-0.15, -0.1) is 0 Å². The van der Waals surface area contributed by atoms with Gasteiger partial charge in [-0.25, -0.2) is 4.79 Å². The van der Waals surface area contributed by atoms with Crippen molar-refractivity contribution >= 4 is 23.0 Å². The number of carbonyl (C=O) groups excluding carboxylic acids is 1. The molecule has 18 heteroatoms. The molecule has 18 nitrogen and oxygen atoms in total. The van der Waals surface area contributed by atoms with E-state index in [9.17, 15) is 55.5 Å². The van der Waals surface area contributed by atoms with E-state index in [1.165, 1.54) is 31.4 Å². The number of hydrogen-bond acceptors (Lipinski definition) is 18. The van der Waals surface area contributed by atoms with Gasteiger partial charge in [0.2, 0.25) is 12.0 Å². The van der Waals surface area contributed by atoms with E-state index < -0.39 is 103 Å². The molecule has 10 unspecified atom stereocenters. The van der Waals surface area contributed by atoms with E-state index >= 15 is 0 Å². The van der Waals surface area contributed by atoms with Crippen molar-refractivity contribution in [3.05, 3.63) is 82.5 Å². The van der Waals surface area contributed by atoms with Gasteiger partial charge in [0.05, 0.1) is 20.3 Å². The van der Waals surface area contributed by atoms with Crippen molar-refractivity contribution in [1.82, 2.24) is 0 Å². The molecule has 0 bridgehead atoms. The Morgan fingerprint density at radius 3 is 2.13 bits per heavy atom. The normalized spacial score (nSPS) is 28.3. The summed E-state index contributed by atoms with van der Waals surface area (Å²) in [6.45, 7) is -1.57. The average Bonchev–Trinajstić information content (AvgIpc) is 3.18. The summed E-state index contributed by atoms with van der Waals surface area (Å²) in [4.78, 5) is 26.2. The fourth-order valence-corrected chi connectivity index (χ4v) is 6.04. The summed E-state index contributed by atoms with van der Waals surface area (Å²) in [6.07, 6.45) is -14.5. The molecule has 0 saturated carbocycles. The maximum Gasteiger partial charge on any atom is 0.336 e. The number of ether oxygens (including phenoxy) is 6. The summed E-state index contributed by atoms with van der Waals surface area (Å²) in [5, 5.41) is 93.0. The van der Waals surface area contributed by atoms with Crippen LogP contribution in [0.1, 0.15) is 5.56 Å². The van der Waals surface area contributed by atoms with E-state index in [0.29, 0.717) is 5.56 Å². The quantitative estimate of drug-likeness (QED) is 0.0528. The number of aromatic hydroxyl groups is 2. The topological polar surface area (TPSA) is 285 Å². The molecule has 9 N–H and O–H groups in total. The second-order valence-corrected chi connectivity index (χ2v) is 12.6. The lowest BCUT2D eigenvalue weighted by Crippen LogP contribution is -2.65. The van der Waals surface area contributed by atoms with E-state index in [4.69, 9.17) is 32.8 Å². The third-order valence-electron chi connectivity index (χ3n) is 9.00. The minimum absolute atomic E-state index is 0.0926. The Morgan fingerprint density at radius 1 is 0.800 bits per heavy atom. The SMILES string of the molecule is COc1cc2oc(-c3ccc(OC4OC(CO)C(O)C(O)C4OC4OC(CO)C(O)C(O)C4O)c(O)c3)cc(=O)c2c(OC(=O)C=Cc2ccccc2)c1O. The number of phenols is 2. The smallest absolute Gasteiger partial charge is 0.336 e. The molecule has 0 aliphatic carbocycles. The van der Waals surface area contributed by atoms with Crippen molar-refractivity contribution in [3.63, 3.8) is 0 Å². The van der Waals surface area contributed by atoms with Gasteiger partial charge in [0.15, 0.2) is 40.8 Å². The van der Waals surface area contributed by atoms with Gasteiger partial charge in [-0.1, -0.05) is 30.3 Å². The van der Waals surface area contributed by atoms with Crippen LogP contribution in [0.4, 0.5) is 0 Å². The molecule has 2 aliphatic rings. The number of benzene rings is 3. The van der Waals surface area contributed by atoms with Crippen LogP contribution in [0.3, 0.4) is 0 Å². The second kappa shape index (κ2) is 16.7. The number of aliphatic hydroxyl groups excluding tert-OH is 7. The van der Waals surface area contributed by atoms with Gasteiger partial charge in [0, 0.05) is 23.8 Å². The highest BCUT2D eigenvalue weighted by Crippen LogP contribution is 2.43. The minimum atomic E-state index is -1.90. The Morgan fingerprint density at radius 2 is 1.47 bits per heavy atom. The molecule has 2 fully saturated rings. The van der Waals surface area contributed by atoms with Crippen LogP contribution in [0.15, 0.2) is 76.0 Å². The summed E-state index contributed by atoms with van der Waals surface area (Å²) in [6, 6.07) is 14.8. The third-order valence-corrected chi connectivity index (χ3v) is 9.00. The molecule has 10 atom stereocenters. The Bertz CT molecular complexity index is 2060. The molecule has 55 heavy (non-hydrogen) atoms. The first-order valence-electron chi connectivity index (χ1n) is 16.8. The molecule has 1 aromatic heterocycles. The lowest BCUT2D eigenvalue weighted by atomic mass is 9.97. The van der Waals surface area contributed by atoms with Gasteiger partial charge in [0.1, 0.15) is 59.5 Å². The van der Waals surface area contributed by atoms with E-state index in [1.807, 2.05) is 0 Å². The predicted octanol–water partition coefficient (Wildman–Crippen LogP) is -0.499. The first kappa shape index (κ1) is 39.6. The number of phenolic OH excluding ortho intramolecular Hbond substituents is 2. The molecule has 294 valence electrons. The van der Waals surface area contributed by atoms with E-state index in [0.717, 1.165) is 18.2 Å². The number of carbonyl (C=O) groups is 1. The number of rotatable bonds is 11. The Labute approximate surface area is 310 Å². The molecular weight excluding hydrogens is 732 g/mol. The van der Waals surface area contributed by atoms with Crippen LogP contribution >= 0.6 is 0 Å². The first-order chi connectivity index (χ1) is 26.3. The van der Waals surface area contributed by atoms with Crippen LogP contribution in [0.5, 0.6) is 28.7 Å². The molecule has 4 aromatic rings. The molecular formula is C37H38O18. The van der Waals surface area contributed by atoms with Crippen LogP contribution in [-0.2, 0) is 19.0 Å². The van der Waals surface area contributed by atoms with Gasteiger partial charge >= 0.3 is 5.97 Å². The highest BCUT2D eigenvalue weighted by atomic mass is 16.8. The van der Waals surface area contributed by atoms with Crippen molar-refractivity contribution in [3.8, 4) is 40.1 Å². The maximum absolute atomic E-state index is 13.5. The van der Waals surface area contributed by atoms with Crippen molar-refractivity contribution in [2.75, 3.05) is 20.3 Å². The van der Waals surface area contributed by atoms with Gasteiger partial charge in [-0.3, -0.25) is 4.79 Å². The van der Waals surface area contributed by atoms with Crippen LogP contribution < -0.4 is 19.6 Å². The van der Waals surface area contributed by atoms with Crippen molar-refractivity contribution in [1.29, 1.82) is 0 Å². The van der Waals surface area contributed by atoms with Gasteiger partial charge in [-0.2, -0.15) is 0 Å². The number of hydrogen-bond donors (Lipinski definition) is 9. The zero-order valence-electron chi connectivity index (χ0n) is 28.8. The summed E-state index contributed by atoms with van der Waals surface area (Å²) in [5.74, 6) is -3.20. The summed E-state index contributed by atoms with van der Waals surface area (Å²) >= 11 is 0. The van der Waals surface area contributed by atoms with Crippen molar-refractivity contribution in [2.24, 2.45) is 0 Å². The number of fused-ring (bicyclic) bond motifs is 1. The molecule has 0 amide bonds. The molecule has 3 heterocycles. The number of methoxy groups -OCH3 is 1. The van der Waals surface area contributed by atoms with Gasteiger partial charge in [0.25, 0.3) is 0 Å². The monoisotopic (exact) mass is 770 g/mol. The standard InChI is InChI=1S/C37H38O18/c1-49-23-13-22-27(34(30(23)45)54-26(42)10-7-16-5-3-2-4-6-16)19(41)12-21(50-22)17-8-9-20(18(40)11-17)51-37-35(32(47)29(44)25(15-39)53-37)55-36-33(48)31(46)28(43)24(14-38)52-36/h2-13,24-25,28-29,31-33,35-40,43-48H,14-15H2,1H3. The predicted molar refractivity (Wildman–Crippen MR) is 186 cm³/mol. The Hall–Kier alpha value is -5.12. The summed E-state index contributed by atoms with van der Waals surface area (Å²) < 4.78 is 38.9. The molecule has 6 rings (SSSR count). The van der Waals surface area contributed by atoms with Crippen LogP contribution in [0.2, 0.25) is 0 Å². The molecule has 0 radical (unpaired) electrons. The minimum Gasteiger partial charge on any atom is -0.504 e. The highest BCUT2D eigenvalue weighted by molar-refractivity contribution is 5.95. The third kappa shape index (κ3) is 8.14. The van der Waals surface area contributed by atoms with E-state index in [2.05, 4.69) is 0 Å². The van der Waals surface area contributed by atoms with Gasteiger partial charge < -0.3 is 78.8 Å².